The van der Waals surface area contributed by atoms with Crippen LogP contribution < -0.4 is 0 Å². The minimum Gasteiger partial charge on any atom is -0.467 e. The van der Waals surface area contributed by atoms with Crippen LogP contribution >= 0.6 is 11.8 Å². The number of nitrogens with zero attached hydrogens (tertiary/aromatic N) is 3. The summed E-state index contributed by atoms with van der Waals surface area (Å²) in [7, 11) is 1.78. The number of carbonyl (C=O) groups excluding carboxylic acids is 1. The summed E-state index contributed by atoms with van der Waals surface area (Å²) in [6, 6.07) is 10.00. The van der Waals surface area contributed by atoms with Crippen molar-refractivity contribution < 1.29 is 9.21 Å². The predicted molar refractivity (Wildman–Crippen MR) is 98.9 cm³/mol. The molecule has 0 atom stereocenters. The fourth-order valence-electron chi connectivity index (χ4n) is 2.62. The molecule has 0 N–H and O–H groups in total. The summed E-state index contributed by atoms with van der Waals surface area (Å²) in [5, 5.41) is 0.812. The molecule has 0 spiro atoms. The van der Waals surface area contributed by atoms with Crippen molar-refractivity contribution in [3.8, 4) is 5.69 Å². The normalized spacial score (nSPS) is 10.8. The number of furan rings is 1. The summed E-state index contributed by atoms with van der Waals surface area (Å²) < 4.78 is 7.31. The van der Waals surface area contributed by atoms with Crippen molar-refractivity contribution in [2.75, 3.05) is 12.8 Å². The van der Waals surface area contributed by atoms with Crippen LogP contribution in [0.15, 0.2) is 58.6 Å². The first-order valence-corrected chi connectivity index (χ1v) is 9.03. The summed E-state index contributed by atoms with van der Waals surface area (Å²) >= 11 is 1.44. The number of hydrogen-bond acceptors (Lipinski definition) is 4. The Morgan fingerprint density at radius 2 is 2.16 bits per heavy atom. The van der Waals surface area contributed by atoms with Crippen LogP contribution in [-0.2, 0) is 11.3 Å². The molecule has 5 nitrogen and oxygen atoms in total. The van der Waals surface area contributed by atoms with Crippen LogP contribution in [-0.4, -0.2) is 33.2 Å². The summed E-state index contributed by atoms with van der Waals surface area (Å²) in [4.78, 5) is 18.4. The van der Waals surface area contributed by atoms with Gasteiger partial charge in [0, 0.05) is 19.4 Å². The van der Waals surface area contributed by atoms with E-state index < -0.39 is 0 Å². The number of thioether (sulfide) groups is 1. The van der Waals surface area contributed by atoms with Crippen molar-refractivity contribution in [3.05, 3.63) is 65.9 Å². The Labute approximate surface area is 151 Å². The average molecular weight is 355 g/mol. The monoisotopic (exact) mass is 355 g/mol. The molecule has 130 valence electrons. The number of aryl methyl sites for hydroxylation is 2. The minimum atomic E-state index is 0.0385. The number of imidazole rings is 1. The van der Waals surface area contributed by atoms with Gasteiger partial charge in [0.15, 0.2) is 5.16 Å². The third kappa shape index (κ3) is 4.14. The number of amides is 1. The Hall–Kier alpha value is -2.47. The smallest absolute Gasteiger partial charge is 0.233 e. The van der Waals surface area contributed by atoms with E-state index in [0.29, 0.717) is 12.3 Å². The van der Waals surface area contributed by atoms with Gasteiger partial charge in [-0.25, -0.2) is 4.98 Å². The van der Waals surface area contributed by atoms with Gasteiger partial charge in [-0.05, 0) is 37.6 Å². The molecule has 0 saturated heterocycles. The van der Waals surface area contributed by atoms with Crippen molar-refractivity contribution in [1.82, 2.24) is 14.5 Å². The molecule has 0 bridgehead atoms. The third-order valence-corrected chi connectivity index (χ3v) is 4.89. The van der Waals surface area contributed by atoms with Crippen molar-refractivity contribution in [1.29, 1.82) is 0 Å². The highest BCUT2D eigenvalue weighted by molar-refractivity contribution is 7.99. The highest BCUT2D eigenvalue weighted by Gasteiger charge is 2.14. The zero-order chi connectivity index (χ0) is 17.8. The van der Waals surface area contributed by atoms with Crippen LogP contribution in [0.3, 0.4) is 0 Å². The molecular formula is C19H21N3O2S. The highest BCUT2D eigenvalue weighted by Crippen LogP contribution is 2.23. The molecular weight excluding hydrogens is 334 g/mol. The fraction of sp³-hybridized carbons (Fsp3) is 0.263. The maximum absolute atomic E-state index is 12.4. The molecule has 25 heavy (non-hydrogen) atoms. The lowest BCUT2D eigenvalue weighted by Crippen LogP contribution is -2.27. The van der Waals surface area contributed by atoms with Crippen LogP contribution in [0.25, 0.3) is 5.69 Å². The number of carbonyl (C=O) groups is 1. The molecule has 1 amide bonds. The second-order valence-electron chi connectivity index (χ2n) is 5.99. The van der Waals surface area contributed by atoms with Gasteiger partial charge in [0.05, 0.1) is 24.2 Å². The number of rotatable bonds is 6. The Morgan fingerprint density at radius 3 is 2.88 bits per heavy atom. The van der Waals surface area contributed by atoms with Crippen molar-refractivity contribution in [3.63, 3.8) is 0 Å². The lowest BCUT2D eigenvalue weighted by atomic mass is 10.1. The van der Waals surface area contributed by atoms with E-state index in [9.17, 15) is 4.79 Å². The van der Waals surface area contributed by atoms with Gasteiger partial charge >= 0.3 is 0 Å². The molecule has 0 radical (unpaired) electrons. The number of benzene rings is 1. The number of hydrogen-bond donors (Lipinski definition) is 0. The quantitative estimate of drug-likeness (QED) is 0.631. The molecule has 0 saturated carbocycles. The summed E-state index contributed by atoms with van der Waals surface area (Å²) in [6.07, 6.45) is 5.30. The van der Waals surface area contributed by atoms with Crippen molar-refractivity contribution in [2.45, 2.75) is 25.5 Å². The van der Waals surface area contributed by atoms with Crippen LogP contribution in [0.1, 0.15) is 16.9 Å². The molecule has 2 aromatic heterocycles. The van der Waals surface area contributed by atoms with Crippen LogP contribution in [0, 0.1) is 13.8 Å². The first-order chi connectivity index (χ1) is 12.0. The predicted octanol–water partition coefficient (Wildman–Crippen LogP) is 3.83. The zero-order valence-electron chi connectivity index (χ0n) is 14.6. The molecule has 6 heteroatoms. The van der Waals surface area contributed by atoms with E-state index in [-0.39, 0.29) is 5.91 Å². The zero-order valence-corrected chi connectivity index (χ0v) is 15.4. The van der Waals surface area contributed by atoms with E-state index in [4.69, 9.17) is 4.42 Å². The lowest BCUT2D eigenvalue weighted by molar-refractivity contribution is -0.127. The maximum Gasteiger partial charge on any atom is 0.233 e. The topological polar surface area (TPSA) is 51.3 Å². The van der Waals surface area contributed by atoms with Crippen LogP contribution in [0.2, 0.25) is 0 Å². The van der Waals surface area contributed by atoms with Gasteiger partial charge in [-0.1, -0.05) is 29.5 Å². The van der Waals surface area contributed by atoms with E-state index in [1.54, 1.807) is 24.4 Å². The Morgan fingerprint density at radius 1 is 1.32 bits per heavy atom. The molecule has 3 rings (SSSR count). The van der Waals surface area contributed by atoms with Gasteiger partial charge in [-0.15, -0.1) is 0 Å². The molecule has 1 aromatic carbocycles. The van der Waals surface area contributed by atoms with Crippen molar-refractivity contribution in [2.24, 2.45) is 0 Å². The van der Waals surface area contributed by atoms with Gasteiger partial charge in [0.25, 0.3) is 0 Å². The van der Waals surface area contributed by atoms with Crippen LogP contribution in [0.5, 0.6) is 0 Å². The van der Waals surface area contributed by atoms with E-state index in [1.807, 2.05) is 22.9 Å². The molecule has 0 aliphatic carbocycles. The summed E-state index contributed by atoms with van der Waals surface area (Å²) in [5.41, 5.74) is 3.49. The largest absolute Gasteiger partial charge is 0.467 e. The molecule has 0 aliphatic heterocycles. The standard InChI is InChI=1S/C19H21N3O2S/c1-14-6-7-17(15(2)11-14)22-9-8-20-19(22)25-13-18(23)21(3)12-16-5-4-10-24-16/h4-11H,12-13H2,1-3H3. The molecule has 0 unspecified atom stereocenters. The molecule has 3 aromatic rings. The average Bonchev–Trinajstić information content (AvgIpc) is 3.24. The van der Waals surface area contributed by atoms with Gasteiger partial charge in [0.2, 0.25) is 5.91 Å². The fourth-order valence-corrected chi connectivity index (χ4v) is 3.52. The second kappa shape index (κ2) is 7.61. The van der Waals surface area contributed by atoms with Gasteiger partial charge < -0.3 is 9.32 Å². The molecule has 0 fully saturated rings. The third-order valence-electron chi connectivity index (χ3n) is 3.94. The first-order valence-electron chi connectivity index (χ1n) is 8.04. The maximum atomic E-state index is 12.4. The Balaban J connectivity index is 1.66. The van der Waals surface area contributed by atoms with Gasteiger partial charge in [-0.3, -0.25) is 9.36 Å². The lowest BCUT2D eigenvalue weighted by Gasteiger charge is -2.16. The van der Waals surface area contributed by atoms with E-state index in [2.05, 4.69) is 37.0 Å². The first kappa shape index (κ1) is 17.4. The second-order valence-corrected chi connectivity index (χ2v) is 6.93. The summed E-state index contributed by atoms with van der Waals surface area (Å²) in [5.74, 6) is 1.15. The van der Waals surface area contributed by atoms with E-state index >= 15 is 0 Å². The van der Waals surface area contributed by atoms with Gasteiger partial charge in [-0.2, -0.15) is 0 Å². The van der Waals surface area contributed by atoms with Gasteiger partial charge in [0.1, 0.15) is 5.76 Å². The SMILES string of the molecule is Cc1ccc(-n2ccnc2SCC(=O)N(C)Cc2ccco2)c(C)c1. The highest BCUT2D eigenvalue weighted by atomic mass is 32.2. The molecule has 0 aliphatic rings. The number of aromatic nitrogens is 2. The van der Waals surface area contributed by atoms with Crippen molar-refractivity contribution >= 4 is 17.7 Å². The van der Waals surface area contributed by atoms with Crippen LogP contribution in [0.4, 0.5) is 0 Å². The van der Waals surface area contributed by atoms with E-state index in [0.717, 1.165) is 16.6 Å². The Kier molecular flexibility index (Phi) is 5.28. The van der Waals surface area contributed by atoms with E-state index in [1.165, 1.54) is 22.9 Å². The minimum absolute atomic E-state index is 0.0385. The summed E-state index contributed by atoms with van der Waals surface area (Å²) in [6.45, 7) is 4.63. The Bertz CT molecular complexity index is 855. The molecule has 2 heterocycles.